The van der Waals surface area contributed by atoms with Crippen LogP contribution in [0.3, 0.4) is 0 Å². The third kappa shape index (κ3) is 6.65. The van der Waals surface area contributed by atoms with Gasteiger partial charge in [-0.25, -0.2) is 0 Å². The summed E-state index contributed by atoms with van der Waals surface area (Å²) in [5.41, 5.74) is 0. The number of aliphatic hydroxyl groups is 1. The monoisotopic (exact) mass is 249 g/mol. The van der Waals surface area contributed by atoms with Gasteiger partial charge in [-0.05, 0) is 25.8 Å². The Morgan fingerprint density at radius 1 is 1.20 bits per heavy atom. The number of nitrogens with zero attached hydrogens (tertiary/aromatic N) is 1. The summed E-state index contributed by atoms with van der Waals surface area (Å²) in [4.78, 5) is 1.38. The quantitative estimate of drug-likeness (QED) is 0.623. The van der Waals surface area contributed by atoms with Gasteiger partial charge in [-0.3, -0.25) is 0 Å². The number of aliphatic hydroxyl groups excluding tert-OH is 1. The largest absolute Gasteiger partial charge is 1.00 e. The Kier molecular flexibility index (Phi) is 8.41. The maximum Gasteiger partial charge on any atom is 1.00 e. The Hall–Kier alpha value is 1.41. The molecule has 7 heteroatoms. The average Bonchev–Trinajstić information content (AvgIpc) is 2.27. The second-order valence-electron chi connectivity index (χ2n) is 3.89. The summed E-state index contributed by atoms with van der Waals surface area (Å²) in [6, 6.07) is -0.291. The molecule has 1 heterocycles. The molecule has 1 atom stereocenters. The summed E-state index contributed by atoms with van der Waals surface area (Å²) in [5.74, 6) is 0. The van der Waals surface area contributed by atoms with E-state index in [2.05, 4.69) is 0 Å². The molecule has 1 rings (SSSR count). The summed E-state index contributed by atoms with van der Waals surface area (Å²) in [5, 5.41) is 8.98. The fourth-order valence-electron chi connectivity index (χ4n) is 1.95. The summed E-state index contributed by atoms with van der Waals surface area (Å²) in [7, 11) is 0. The van der Waals surface area contributed by atoms with Crippen LogP contribution in [0.4, 0.5) is 12.9 Å². The molecular weight excluding hydrogens is 233 g/mol. The van der Waals surface area contributed by atoms with E-state index >= 15 is 0 Å². The molecule has 15 heavy (non-hydrogen) atoms. The second kappa shape index (κ2) is 7.68. The average molecular weight is 249 g/mol. The molecule has 0 aromatic carbocycles. The van der Waals surface area contributed by atoms with E-state index < -0.39 is 13.4 Å². The molecule has 0 aromatic rings. The zero-order valence-electron chi connectivity index (χ0n) is 9.13. The fourth-order valence-corrected chi connectivity index (χ4v) is 1.95. The van der Waals surface area contributed by atoms with Gasteiger partial charge in [0.15, 0.2) is 0 Å². The number of likely N-dealkylation sites (tertiary alicyclic amines) is 1. The van der Waals surface area contributed by atoms with Crippen molar-refractivity contribution in [2.75, 3.05) is 19.6 Å². The molecule has 1 fully saturated rings. The van der Waals surface area contributed by atoms with Gasteiger partial charge in [-0.2, -0.15) is 0 Å². The van der Waals surface area contributed by atoms with Gasteiger partial charge in [0.25, 0.3) is 0 Å². The second-order valence-corrected chi connectivity index (χ2v) is 3.89. The minimum absolute atomic E-state index is 0. The minimum Gasteiger partial charge on any atom is -0.448 e. The van der Waals surface area contributed by atoms with Gasteiger partial charge in [0.2, 0.25) is 0 Å². The first-order valence-electron chi connectivity index (χ1n) is 5.09. The first-order valence-corrected chi connectivity index (χ1v) is 5.09. The predicted octanol–water partition coefficient (Wildman–Crippen LogP) is -1.39. The Morgan fingerprint density at radius 2 is 1.87 bits per heavy atom. The van der Waals surface area contributed by atoms with Crippen LogP contribution in [0.15, 0.2) is 0 Å². The molecule has 0 aliphatic carbocycles. The van der Waals surface area contributed by atoms with E-state index in [9.17, 15) is 12.9 Å². The van der Waals surface area contributed by atoms with E-state index in [4.69, 9.17) is 5.11 Å². The molecule has 0 amide bonds. The van der Waals surface area contributed by atoms with Gasteiger partial charge >= 0.3 is 58.4 Å². The maximum absolute atomic E-state index is 12.2. The van der Waals surface area contributed by atoms with Crippen LogP contribution < -0.4 is 51.4 Å². The molecule has 0 aromatic heterocycles. The third-order valence-electron chi connectivity index (χ3n) is 2.65. The van der Waals surface area contributed by atoms with Crippen LogP contribution in [0.5, 0.6) is 0 Å². The van der Waals surface area contributed by atoms with Crippen LogP contribution in [-0.4, -0.2) is 42.6 Å². The first-order chi connectivity index (χ1) is 6.53. The topological polar surface area (TPSA) is 23.5 Å². The maximum atomic E-state index is 12.2. The summed E-state index contributed by atoms with van der Waals surface area (Å²) < 4.78 is 36.7. The van der Waals surface area contributed by atoms with Crippen molar-refractivity contribution in [3.05, 3.63) is 0 Å². The van der Waals surface area contributed by atoms with Crippen LogP contribution >= 0.6 is 0 Å². The van der Waals surface area contributed by atoms with E-state index in [0.29, 0.717) is 13.0 Å². The molecule has 0 spiro atoms. The van der Waals surface area contributed by atoms with E-state index in [1.54, 1.807) is 0 Å². The fraction of sp³-hybridized carbons (Fsp3) is 1.00. The van der Waals surface area contributed by atoms with Gasteiger partial charge in [-0.1, -0.05) is 12.8 Å². The van der Waals surface area contributed by atoms with Crippen LogP contribution in [-0.2, 0) is 0 Å². The van der Waals surface area contributed by atoms with Crippen LogP contribution in [0.2, 0.25) is 0 Å². The number of rotatable bonds is 3. The predicted molar refractivity (Wildman–Crippen MR) is 50.0 cm³/mol. The standard InChI is InChI=1S/C8H16BF3NO.K/c10-9(11,12)7-13-5-3-1-2-4-8(13)6-14;/h8,14H,1-7H2;/q-1;+1. The number of hydrogen-bond acceptors (Lipinski definition) is 2. The molecule has 2 nitrogen and oxygen atoms in total. The summed E-state index contributed by atoms with van der Waals surface area (Å²) in [6.07, 6.45) is 2.56. The zero-order valence-corrected chi connectivity index (χ0v) is 12.3. The van der Waals surface area contributed by atoms with Crippen molar-refractivity contribution < 1.29 is 69.4 Å². The van der Waals surface area contributed by atoms with Gasteiger partial charge in [0.1, 0.15) is 0 Å². The van der Waals surface area contributed by atoms with Crippen molar-refractivity contribution in [1.29, 1.82) is 0 Å². The van der Waals surface area contributed by atoms with Crippen LogP contribution in [0.25, 0.3) is 0 Å². The molecule has 1 N–H and O–H groups in total. The molecular formula is C8H16BF3KNO. The normalized spacial score (nSPS) is 24.4. The van der Waals surface area contributed by atoms with Crippen molar-refractivity contribution >= 4 is 6.98 Å². The Bertz CT molecular complexity index is 182. The van der Waals surface area contributed by atoms with E-state index in [1.165, 1.54) is 4.90 Å². The Balaban J connectivity index is 0.00000196. The van der Waals surface area contributed by atoms with E-state index in [0.717, 1.165) is 19.3 Å². The zero-order chi connectivity index (χ0) is 10.6. The molecule has 1 aliphatic rings. The van der Waals surface area contributed by atoms with E-state index in [-0.39, 0.29) is 64.0 Å². The Labute approximate surface area is 131 Å². The van der Waals surface area contributed by atoms with Crippen molar-refractivity contribution in [3.63, 3.8) is 0 Å². The number of hydrogen-bond donors (Lipinski definition) is 1. The molecule has 84 valence electrons. The van der Waals surface area contributed by atoms with Crippen molar-refractivity contribution in [1.82, 2.24) is 4.90 Å². The van der Waals surface area contributed by atoms with Gasteiger partial charge in [0.05, 0.1) is 6.61 Å². The minimum atomic E-state index is -4.76. The van der Waals surface area contributed by atoms with Crippen LogP contribution in [0.1, 0.15) is 25.7 Å². The molecule has 0 saturated carbocycles. The van der Waals surface area contributed by atoms with Crippen molar-refractivity contribution in [2.45, 2.75) is 31.7 Å². The molecule has 1 aliphatic heterocycles. The summed E-state index contributed by atoms with van der Waals surface area (Å²) >= 11 is 0. The third-order valence-corrected chi connectivity index (χ3v) is 2.65. The SMILES string of the molecule is OCC1CCCCCN1C[B-](F)(F)F.[K+]. The first kappa shape index (κ1) is 16.4. The molecule has 1 saturated heterocycles. The van der Waals surface area contributed by atoms with Crippen molar-refractivity contribution in [3.8, 4) is 0 Å². The molecule has 0 bridgehead atoms. The number of halogens is 3. The van der Waals surface area contributed by atoms with Gasteiger partial charge < -0.3 is 23.0 Å². The molecule has 1 unspecified atom stereocenters. The van der Waals surface area contributed by atoms with Gasteiger partial charge in [0, 0.05) is 6.04 Å². The van der Waals surface area contributed by atoms with E-state index in [1.807, 2.05) is 0 Å². The van der Waals surface area contributed by atoms with Crippen LogP contribution in [0, 0.1) is 0 Å². The Morgan fingerprint density at radius 3 is 2.40 bits per heavy atom. The van der Waals surface area contributed by atoms with Gasteiger partial charge in [-0.15, -0.1) is 0 Å². The summed E-state index contributed by atoms with van der Waals surface area (Å²) in [6.45, 7) is -4.46. The smallest absolute Gasteiger partial charge is 0.448 e. The molecule has 0 radical (unpaired) electrons. The van der Waals surface area contributed by atoms with Crippen molar-refractivity contribution in [2.24, 2.45) is 0 Å².